The average Bonchev–Trinajstić information content (AvgIpc) is 3.25. The first-order valence-electron chi connectivity index (χ1n) is 11.3. The molecule has 0 aromatic carbocycles. The van der Waals surface area contributed by atoms with Gasteiger partial charge >= 0.3 is 0 Å². The summed E-state index contributed by atoms with van der Waals surface area (Å²) in [5.74, 6) is 7.29. The van der Waals surface area contributed by atoms with E-state index in [0.717, 1.165) is 16.9 Å². The number of carbonyl (C=O) groups excluding carboxylic acids is 1. The normalized spacial score (nSPS) is 11.5. The van der Waals surface area contributed by atoms with E-state index in [2.05, 4.69) is 47.7 Å². The standard InChI is InChI=1S/C26H27N9O/c1-15(27)23-25(29-5)24(32-14-31-23)19-11-20(33-22(12-19)34-26(36)16(2)28-4)7-6-18-8-9-35-17(3)30-13-21(35)10-18/h8-14,16,27-29H,1-5H3,(H,33,34,36). The summed E-state index contributed by atoms with van der Waals surface area (Å²) in [7, 11) is 3.47. The summed E-state index contributed by atoms with van der Waals surface area (Å²) < 4.78 is 1.98. The Labute approximate surface area is 209 Å². The highest BCUT2D eigenvalue weighted by molar-refractivity contribution is 6.02. The van der Waals surface area contributed by atoms with Gasteiger partial charge in [0.15, 0.2) is 0 Å². The molecule has 0 bridgehead atoms. The molecule has 182 valence electrons. The highest BCUT2D eigenvalue weighted by atomic mass is 16.2. The first-order valence-corrected chi connectivity index (χ1v) is 11.3. The van der Waals surface area contributed by atoms with Crippen LogP contribution in [0.15, 0.2) is 43.0 Å². The van der Waals surface area contributed by atoms with Crippen LogP contribution in [0.1, 0.15) is 36.6 Å². The van der Waals surface area contributed by atoms with Gasteiger partial charge in [-0.25, -0.2) is 19.9 Å². The van der Waals surface area contributed by atoms with Gasteiger partial charge in [0.25, 0.3) is 0 Å². The highest BCUT2D eigenvalue weighted by Crippen LogP contribution is 2.29. The molecule has 4 N–H and O–H groups in total. The largest absolute Gasteiger partial charge is 0.385 e. The maximum absolute atomic E-state index is 12.6. The number of amides is 1. The Bertz CT molecular complexity index is 1530. The minimum Gasteiger partial charge on any atom is -0.385 e. The Kier molecular flexibility index (Phi) is 7.03. The molecule has 0 saturated heterocycles. The molecule has 4 aromatic rings. The molecule has 36 heavy (non-hydrogen) atoms. The molecule has 0 radical (unpaired) electrons. The van der Waals surface area contributed by atoms with E-state index < -0.39 is 6.04 Å². The molecule has 0 aliphatic rings. The maximum atomic E-state index is 12.6. The van der Waals surface area contributed by atoms with Gasteiger partial charge in [-0.1, -0.05) is 5.92 Å². The Morgan fingerprint density at radius 2 is 1.94 bits per heavy atom. The summed E-state index contributed by atoms with van der Waals surface area (Å²) in [6.45, 7) is 5.37. The van der Waals surface area contributed by atoms with Crippen molar-refractivity contribution in [2.45, 2.75) is 26.8 Å². The number of nitrogens with one attached hydrogen (secondary N) is 4. The zero-order valence-electron chi connectivity index (χ0n) is 20.8. The van der Waals surface area contributed by atoms with Crippen molar-refractivity contribution in [3.05, 3.63) is 65.8 Å². The fourth-order valence-electron chi connectivity index (χ4n) is 3.63. The molecule has 0 fully saturated rings. The van der Waals surface area contributed by atoms with Crippen LogP contribution in [0.3, 0.4) is 0 Å². The van der Waals surface area contributed by atoms with E-state index in [1.165, 1.54) is 6.33 Å². The number of hydrogen-bond donors (Lipinski definition) is 4. The predicted octanol–water partition coefficient (Wildman–Crippen LogP) is 2.87. The van der Waals surface area contributed by atoms with Gasteiger partial charge in [0.2, 0.25) is 5.91 Å². The van der Waals surface area contributed by atoms with Crippen molar-refractivity contribution in [2.75, 3.05) is 24.7 Å². The fourth-order valence-corrected chi connectivity index (χ4v) is 3.63. The van der Waals surface area contributed by atoms with E-state index in [9.17, 15) is 4.79 Å². The topological polar surface area (TPSA) is 133 Å². The Morgan fingerprint density at radius 3 is 2.67 bits per heavy atom. The van der Waals surface area contributed by atoms with Gasteiger partial charge < -0.3 is 25.8 Å². The minimum atomic E-state index is -0.407. The molecule has 1 atom stereocenters. The van der Waals surface area contributed by atoms with E-state index in [-0.39, 0.29) is 5.91 Å². The van der Waals surface area contributed by atoms with Crippen molar-refractivity contribution < 1.29 is 4.79 Å². The molecule has 10 heteroatoms. The van der Waals surface area contributed by atoms with Crippen LogP contribution in [0.4, 0.5) is 11.5 Å². The number of anilines is 2. The zero-order valence-corrected chi connectivity index (χ0v) is 20.8. The Balaban J connectivity index is 1.81. The number of hydrogen-bond acceptors (Lipinski definition) is 8. The monoisotopic (exact) mass is 481 g/mol. The lowest BCUT2D eigenvalue weighted by atomic mass is 10.1. The van der Waals surface area contributed by atoms with Crippen molar-refractivity contribution in [3.63, 3.8) is 0 Å². The second-order valence-corrected chi connectivity index (χ2v) is 8.21. The molecule has 0 aliphatic heterocycles. The van der Waals surface area contributed by atoms with Crippen LogP contribution in [0.5, 0.6) is 0 Å². The molecule has 1 unspecified atom stereocenters. The van der Waals surface area contributed by atoms with Crippen molar-refractivity contribution in [1.82, 2.24) is 29.7 Å². The second-order valence-electron chi connectivity index (χ2n) is 8.21. The molecule has 1 amide bonds. The van der Waals surface area contributed by atoms with Crippen LogP contribution in [0.25, 0.3) is 16.8 Å². The number of aryl methyl sites for hydroxylation is 1. The van der Waals surface area contributed by atoms with Crippen molar-refractivity contribution >= 4 is 28.6 Å². The molecular weight excluding hydrogens is 454 g/mol. The third-order valence-corrected chi connectivity index (χ3v) is 5.68. The van der Waals surface area contributed by atoms with Crippen molar-refractivity contribution in [1.29, 1.82) is 5.41 Å². The third kappa shape index (κ3) is 5.06. The van der Waals surface area contributed by atoms with Crippen molar-refractivity contribution in [2.24, 2.45) is 0 Å². The van der Waals surface area contributed by atoms with Crippen LogP contribution in [0.2, 0.25) is 0 Å². The van der Waals surface area contributed by atoms with Gasteiger partial charge in [-0.05, 0) is 58.0 Å². The Hall–Kier alpha value is -4.62. The van der Waals surface area contributed by atoms with Gasteiger partial charge in [0.05, 0.1) is 34.8 Å². The number of likely N-dealkylation sites (N-methyl/N-ethyl adjacent to an activating group) is 1. The molecule has 0 saturated carbocycles. The van der Waals surface area contributed by atoms with Crippen LogP contribution >= 0.6 is 0 Å². The summed E-state index contributed by atoms with van der Waals surface area (Å²) in [5, 5.41) is 16.9. The Morgan fingerprint density at radius 1 is 1.14 bits per heavy atom. The number of imidazole rings is 1. The number of rotatable bonds is 6. The minimum absolute atomic E-state index is 0.227. The van der Waals surface area contributed by atoms with E-state index >= 15 is 0 Å². The van der Waals surface area contributed by atoms with Crippen LogP contribution in [-0.2, 0) is 4.79 Å². The van der Waals surface area contributed by atoms with Crippen molar-refractivity contribution in [3.8, 4) is 23.1 Å². The first kappa shape index (κ1) is 24.5. The van der Waals surface area contributed by atoms with Gasteiger partial charge in [-0.3, -0.25) is 4.79 Å². The molecule has 0 aliphatic carbocycles. The fraction of sp³-hybridized carbons (Fsp3) is 0.231. The first-order chi connectivity index (χ1) is 17.3. The van der Waals surface area contributed by atoms with E-state index in [4.69, 9.17) is 5.41 Å². The van der Waals surface area contributed by atoms with Crippen LogP contribution < -0.4 is 16.0 Å². The number of fused-ring (bicyclic) bond motifs is 1. The molecule has 0 spiro atoms. The van der Waals surface area contributed by atoms with E-state index in [1.54, 1.807) is 46.3 Å². The van der Waals surface area contributed by atoms with Gasteiger partial charge in [0.1, 0.15) is 29.4 Å². The predicted molar refractivity (Wildman–Crippen MR) is 140 cm³/mol. The lowest BCUT2D eigenvalue weighted by Crippen LogP contribution is -2.35. The summed E-state index contributed by atoms with van der Waals surface area (Å²) in [6, 6.07) is 7.00. The molecule has 4 rings (SSSR count). The summed E-state index contributed by atoms with van der Waals surface area (Å²) in [6.07, 6.45) is 5.14. The third-order valence-electron chi connectivity index (χ3n) is 5.68. The zero-order chi connectivity index (χ0) is 25.8. The average molecular weight is 482 g/mol. The quantitative estimate of drug-likeness (QED) is 0.246. The SMILES string of the molecule is CNc1c(C(C)=N)ncnc1-c1cc(C#Cc2ccn3c(C)ncc3c2)nc(NC(=O)C(C)NC)c1. The van der Waals surface area contributed by atoms with E-state index in [1.807, 2.05) is 29.7 Å². The summed E-state index contributed by atoms with van der Waals surface area (Å²) >= 11 is 0. The maximum Gasteiger partial charge on any atom is 0.242 e. The number of pyridine rings is 2. The smallest absolute Gasteiger partial charge is 0.242 e. The van der Waals surface area contributed by atoms with E-state index in [0.29, 0.717) is 39.9 Å². The number of carbonyl (C=O) groups is 1. The summed E-state index contributed by atoms with van der Waals surface area (Å²) in [5.41, 5.74) is 4.87. The molecule has 10 nitrogen and oxygen atoms in total. The van der Waals surface area contributed by atoms with Gasteiger partial charge in [-0.15, -0.1) is 0 Å². The summed E-state index contributed by atoms with van der Waals surface area (Å²) in [4.78, 5) is 30.1. The lowest BCUT2D eigenvalue weighted by molar-refractivity contribution is -0.117. The van der Waals surface area contributed by atoms with Gasteiger partial charge in [-0.2, -0.15) is 0 Å². The second kappa shape index (κ2) is 10.3. The molecule has 4 aromatic heterocycles. The van der Waals surface area contributed by atoms with Gasteiger partial charge in [0, 0.05) is 24.4 Å². The highest BCUT2D eigenvalue weighted by Gasteiger charge is 2.17. The lowest BCUT2D eigenvalue weighted by Gasteiger charge is -2.14. The van der Waals surface area contributed by atoms with Crippen LogP contribution in [0, 0.1) is 24.2 Å². The number of nitrogens with zero attached hydrogens (tertiary/aromatic N) is 5. The number of aromatic nitrogens is 5. The molecular formula is C26H27N9O. The van der Waals surface area contributed by atoms with Crippen LogP contribution in [-0.4, -0.2) is 56.1 Å². The molecule has 4 heterocycles.